The molecule has 0 saturated carbocycles. The van der Waals surface area contributed by atoms with Gasteiger partial charge in [0.15, 0.2) is 0 Å². The van der Waals surface area contributed by atoms with Crippen LogP contribution < -0.4 is 9.64 Å². The summed E-state index contributed by atoms with van der Waals surface area (Å²) in [6.45, 7) is 1.77. The van der Waals surface area contributed by atoms with Crippen LogP contribution in [0.1, 0.15) is 11.4 Å². The summed E-state index contributed by atoms with van der Waals surface area (Å²) in [5.74, 6) is 1.39. The van der Waals surface area contributed by atoms with Gasteiger partial charge in [0.25, 0.3) is 0 Å². The molecule has 2 aromatic heterocycles. The zero-order valence-corrected chi connectivity index (χ0v) is 15.7. The molecular weight excluding hydrogens is 346 g/mol. The van der Waals surface area contributed by atoms with Crippen molar-refractivity contribution in [3.8, 4) is 17.4 Å². The van der Waals surface area contributed by atoms with Crippen LogP contribution in [0, 0.1) is 6.92 Å². The highest BCUT2D eigenvalue weighted by Gasteiger charge is 2.21. The van der Waals surface area contributed by atoms with E-state index in [1.54, 1.807) is 23.9 Å². The Kier molecular flexibility index (Phi) is 5.35. The van der Waals surface area contributed by atoms with Gasteiger partial charge < -0.3 is 14.4 Å². The average Bonchev–Trinajstić information content (AvgIpc) is 3.12. The van der Waals surface area contributed by atoms with Crippen molar-refractivity contribution in [3.05, 3.63) is 54.0 Å². The second-order valence-electron chi connectivity index (χ2n) is 6.06. The second-order valence-corrected chi connectivity index (χ2v) is 6.06. The monoisotopic (exact) mass is 367 g/mol. The third-order valence-corrected chi connectivity index (χ3v) is 3.82. The smallest absolute Gasteiger partial charge is 0.310 e. The predicted octanol–water partition coefficient (Wildman–Crippen LogP) is 2.54. The average molecular weight is 367 g/mol. The molecule has 1 aromatic carbocycles. The molecule has 0 unspecified atom stereocenters. The lowest BCUT2D eigenvalue weighted by atomic mass is 10.2. The molecule has 8 heteroatoms. The summed E-state index contributed by atoms with van der Waals surface area (Å²) >= 11 is 0. The van der Waals surface area contributed by atoms with E-state index in [4.69, 9.17) is 9.47 Å². The van der Waals surface area contributed by atoms with Crippen molar-refractivity contribution >= 4 is 11.8 Å². The molecule has 0 aliphatic carbocycles. The summed E-state index contributed by atoms with van der Waals surface area (Å²) in [4.78, 5) is 22.5. The third kappa shape index (κ3) is 4.22. The summed E-state index contributed by atoms with van der Waals surface area (Å²) in [5, 5.41) is 4.42. The molecule has 3 rings (SSSR count). The number of aromatic nitrogens is 4. The summed E-state index contributed by atoms with van der Waals surface area (Å²) in [7, 11) is 5.03. The van der Waals surface area contributed by atoms with E-state index >= 15 is 0 Å². The van der Waals surface area contributed by atoms with Crippen molar-refractivity contribution in [3.63, 3.8) is 0 Å². The first-order valence-electron chi connectivity index (χ1n) is 8.38. The van der Waals surface area contributed by atoms with Gasteiger partial charge in [0.05, 0.1) is 24.8 Å². The van der Waals surface area contributed by atoms with Gasteiger partial charge in [-0.05, 0) is 19.1 Å². The van der Waals surface area contributed by atoms with E-state index in [9.17, 15) is 4.79 Å². The number of anilines is 1. The standard InChI is InChI=1S/C19H21N5O3/c1-13-20-18(23(2)3)15(12-17(25)26-4)19(21-13)27-16-10-11-24(22-16)14-8-6-5-7-9-14/h5-11H,12H2,1-4H3. The highest BCUT2D eigenvalue weighted by molar-refractivity contribution is 5.75. The van der Waals surface area contributed by atoms with Gasteiger partial charge in [-0.15, -0.1) is 5.10 Å². The van der Waals surface area contributed by atoms with Gasteiger partial charge in [0.1, 0.15) is 11.6 Å². The van der Waals surface area contributed by atoms with Gasteiger partial charge in [-0.1, -0.05) is 18.2 Å². The largest absolute Gasteiger partial charge is 0.469 e. The summed E-state index contributed by atoms with van der Waals surface area (Å²) < 4.78 is 12.4. The Morgan fingerprint density at radius 3 is 2.56 bits per heavy atom. The number of rotatable bonds is 6. The Bertz CT molecular complexity index is 938. The summed E-state index contributed by atoms with van der Waals surface area (Å²) in [5.41, 5.74) is 1.46. The van der Waals surface area contributed by atoms with Crippen molar-refractivity contribution in [1.82, 2.24) is 19.7 Å². The number of methoxy groups -OCH3 is 1. The van der Waals surface area contributed by atoms with Gasteiger partial charge in [-0.3, -0.25) is 4.79 Å². The molecule has 0 N–H and O–H groups in total. The van der Waals surface area contributed by atoms with E-state index < -0.39 is 5.97 Å². The molecular formula is C19H21N5O3. The first-order valence-corrected chi connectivity index (χ1v) is 8.38. The first kappa shape index (κ1) is 18.4. The number of esters is 1. The lowest BCUT2D eigenvalue weighted by molar-refractivity contribution is -0.139. The van der Waals surface area contributed by atoms with Gasteiger partial charge in [-0.2, -0.15) is 4.98 Å². The van der Waals surface area contributed by atoms with Crippen LogP contribution in [-0.4, -0.2) is 46.9 Å². The van der Waals surface area contributed by atoms with E-state index in [1.165, 1.54) is 7.11 Å². The van der Waals surface area contributed by atoms with Gasteiger partial charge in [-0.25, -0.2) is 9.67 Å². The van der Waals surface area contributed by atoms with Crippen molar-refractivity contribution in [2.24, 2.45) is 0 Å². The molecule has 0 atom stereocenters. The van der Waals surface area contributed by atoms with E-state index in [0.29, 0.717) is 23.1 Å². The minimum absolute atomic E-state index is 0.000972. The number of benzene rings is 1. The second kappa shape index (κ2) is 7.86. The Labute approximate surface area is 157 Å². The zero-order valence-electron chi connectivity index (χ0n) is 15.7. The van der Waals surface area contributed by atoms with Gasteiger partial charge >= 0.3 is 5.97 Å². The molecule has 0 fully saturated rings. The molecule has 0 aliphatic heterocycles. The Balaban J connectivity index is 1.96. The number of para-hydroxylation sites is 1. The van der Waals surface area contributed by atoms with Crippen molar-refractivity contribution in [2.75, 3.05) is 26.1 Å². The fourth-order valence-corrected chi connectivity index (χ4v) is 2.57. The van der Waals surface area contributed by atoms with Crippen LogP contribution in [0.3, 0.4) is 0 Å². The van der Waals surface area contributed by atoms with Crippen LogP contribution >= 0.6 is 0 Å². The minimum atomic E-state index is -0.398. The minimum Gasteiger partial charge on any atom is -0.469 e. The number of carbonyl (C=O) groups excluding carboxylic acids is 1. The number of aryl methyl sites for hydroxylation is 1. The number of nitrogens with zero attached hydrogens (tertiary/aromatic N) is 5. The summed E-state index contributed by atoms with van der Waals surface area (Å²) in [6.07, 6.45) is 1.80. The first-order chi connectivity index (χ1) is 13.0. The Morgan fingerprint density at radius 1 is 1.15 bits per heavy atom. The molecule has 0 amide bonds. The molecule has 2 heterocycles. The molecule has 0 aliphatic rings. The van der Waals surface area contributed by atoms with Crippen LogP contribution in [0.15, 0.2) is 42.6 Å². The number of ether oxygens (including phenoxy) is 2. The lowest BCUT2D eigenvalue weighted by Gasteiger charge is -2.18. The zero-order chi connectivity index (χ0) is 19.4. The number of hydrogen-bond acceptors (Lipinski definition) is 7. The van der Waals surface area contributed by atoms with E-state index in [0.717, 1.165) is 5.69 Å². The topological polar surface area (TPSA) is 82.4 Å². The summed E-state index contributed by atoms with van der Waals surface area (Å²) in [6, 6.07) is 11.4. The quantitative estimate of drug-likeness (QED) is 0.619. The van der Waals surface area contributed by atoms with Crippen LogP contribution in [0.25, 0.3) is 5.69 Å². The third-order valence-electron chi connectivity index (χ3n) is 3.82. The van der Waals surface area contributed by atoms with Crippen LogP contribution in [0.4, 0.5) is 5.82 Å². The SMILES string of the molecule is COC(=O)Cc1c(Oc2ccn(-c3ccccc3)n2)nc(C)nc1N(C)C. The van der Waals surface area contributed by atoms with E-state index in [1.807, 2.05) is 49.3 Å². The van der Waals surface area contributed by atoms with Gasteiger partial charge in [0, 0.05) is 26.4 Å². The molecule has 140 valence electrons. The Hall–Kier alpha value is -3.42. The van der Waals surface area contributed by atoms with Gasteiger partial charge in [0.2, 0.25) is 11.8 Å². The maximum absolute atomic E-state index is 11.9. The highest BCUT2D eigenvalue weighted by Crippen LogP contribution is 2.29. The molecule has 0 radical (unpaired) electrons. The van der Waals surface area contributed by atoms with Crippen molar-refractivity contribution in [2.45, 2.75) is 13.3 Å². The fraction of sp³-hybridized carbons (Fsp3) is 0.263. The predicted molar refractivity (Wildman–Crippen MR) is 100 cm³/mol. The normalized spacial score (nSPS) is 10.5. The van der Waals surface area contributed by atoms with E-state index in [-0.39, 0.29) is 12.3 Å². The van der Waals surface area contributed by atoms with Crippen LogP contribution in [0.5, 0.6) is 11.8 Å². The molecule has 27 heavy (non-hydrogen) atoms. The molecule has 0 spiro atoms. The number of carbonyl (C=O) groups is 1. The number of hydrogen-bond donors (Lipinski definition) is 0. The molecule has 0 saturated heterocycles. The highest BCUT2D eigenvalue weighted by atomic mass is 16.5. The van der Waals surface area contributed by atoms with Crippen LogP contribution in [-0.2, 0) is 16.0 Å². The van der Waals surface area contributed by atoms with Crippen molar-refractivity contribution < 1.29 is 14.3 Å². The fourth-order valence-electron chi connectivity index (χ4n) is 2.57. The molecule has 3 aromatic rings. The maximum Gasteiger partial charge on any atom is 0.310 e. The molecule has 0 bridgehead atoms. The van der Waals surface area contributed by atoms with Crippen LogP contribution in [0.2, 0.25) is 0 Å². The molecule has 8 nitrogen and oxygen atoms in total. The van der Waals surface area contributed by atoms with E-state index in [2.05, 4.69) is 15.1 Å². The van der Waals surface area contributed by atoms with Crippen molar-refractivity contribution in [1.29, 1.82) is 0 Å². The lowest BCUT2D eigenvalue weighted by Crippen LogP contribution is -2.18. The maximum atomic E-state index is 11.9. The Morgan fingerprint density at radius 2 is 1.89 bits per heavy atom.